The van der Waals surface area contributed by atoms with E-state index in [4.69, 9.17) is 0 Å². The molecule has 1 aliphatic heterocycles. The van der Waals surface area contributed by atoms with Gasteiger partial charge in [-0.25, -0.2) is 4.98 Å². The molecule has 1 aromatic heterocycles. The van der Waals surface area contributed by atoms with Crippen molar-refractivity contribution in [2.75, 3.05) is 36.4 Å². The molecule has 3 aromatic rings. The van der Waals surface area contributed by atoms with Gasteiger partial charge in [0.05, 0.1) is 4.92 Å². The minimum absolute atomic E-state index is 0.0124. The van der Waals surface area contributed by atoms with Crippen LogP contribution in [0, 0.1) is 10.1 Å². The molecule has 0 spiro atoms. The molecule has 1 saturated heterocycles. The van der Waals surface area contributed by atoms with Crippen molar-refractivity contribution in [2.24, 2.45) is 0 Å². The van der Waals surface area contributed by atoms with Gasteiger partial charge in [0.15, 0.2) is 0 Å². The van der Waals surface area contributed by atoms with Crippen molar-refractivity contribution in [3.05, 3.63) is 82.5 Å². The summed E-state index contributed by atoms with van der Waals surface area (Å²) >= 11 is 0. The lowest BCUT2D eigenvalue weighted by Gasteiger charge is -2.35. The van der Waals surface area contributed by atoms with Gasteiger partial charge < -0.3 is 15.1 Å². The van der Waals surface area contributed by atoms with E-state index in [9.17, 15) is 19.7 Å². The second-order valence-corrected chi connectivity index (χ2v) is 7.71. The summed E-state index contributed by atoms with van der Waals surface area (Å²) in [5, 5.41) is 14.4. The largest absolute Gasteiger partial charge is 0.362 e. The lowest BCUT2D eigenvalue weighted by atomic mass is 10.1. The first-order chi connectivity index (χ1) is 15.9. The number of amides is 2. The van der Waals surface area contributed by atoms with E-state index < -0.39 is 10.8 Å². The Bertz CT molecular complexity index is 1170. The lowest BCUT2D eigenvalue weighted by Crippen LogP contribution is -2.48. The number of hydrogen-bond donors (Lipinski definition) is 1. The third-order valence-corrected chi connectivity index (χ3v) is 5.61. The number of nitro groups is 1. The highest BCUT2D eigenvalue weighted by molar-refractivity contribution is 6.04. The maximum absolute atomic E-state index is 12.7. The van der Waals surface area contributed by atoms with Gasteiger partial charge in [0.25, 0.3) is 11.6 Å². The number of nitro benzene ring substituents is 1. The van der Waals surface area contributed by atoms with Crippen molar-refractivity contribution in [3.8, 4) is 11.1 Å². The number of carbonyl (C=O) groups is 2. The van der Waals surface area contributed by atoms with Crippen LogP contribution in [0.1, 0.15) is 17.3 Å². The molecule has 9 heteroatoms. The summed E-state index contributed by atoms with van der Waals surface area (Å²) in [7, 11) is 0. The van der Waals surface area contributed by atoms with Gasteiger partial charge in [-0.2, -0.15) is 0 Å². The first kappa shape index (κ1) is 21.9. The Morgan fingerprint density at radius 2 is 1.70 bits per heavy atom. The Morgan fingerprint density at radius 1 is 0.970 bits per heavy atom. The second kappa shape index (κ2) is 9.47. The molecule has 0 unspecified atom stereocenters. The van der Waals surface area contributed by atoms with Crippen LogP contribution >= 0.6 is 0 Å². The van der Waals surface area contributed by atoms with E-state index in [1.165, 1.54) is 13.0 Å². The lowest BCUT2D eigenvalue weighted by molar-refractivity contribution is -0.384. The van der Waals surface area contributed by atoms with E-state index in [-0.39, 0.29) is 17.2 Å². The summed E-state index contributed by atoms with van der Waals surface area (Å²) in [5.41, 5.74) is 2.38. The molecule has 168 valence electrons. The van der Waals surface area contributed by atoms with Gasteiger partial charge in [-0.3, -0.25) is 19.7 Å². The minimum atomic E-state index is -0.490. The number of rotatable bonds is 5. The molecule has 9 nitrogen and oxygen atoms in total. The zero-order valence-corrected chi connectivity index (χ0v) is 18.1. The van der Waals surface area contributed by atoms with Crippen LogP contribution < -0.4 is 10.2 Å². The average molecular weight is 445 g/mol. The third-order valence-electron chi connectivity index (χ3n) is 5.61. The number of carbonyl (C=O) groups excluding carboxylic acids is 2. The van der Waals surface area contributed by atoms with Gasteiger partial charge >= 0.3 is 0 Å². The van der Waals surface area contributed by atoms with Gasteiger partial charge in [0.1, 0.15) is 11.5 Å². The molecular weight excluding hydrogens is 422 g/mol. The molecule has 2 heterocycles. The van der Waals surface area contributed by atoms with E-state index in [0.29, 0.717) is 37.7 Å². The molecule has 1 aliphatic rings. The number of anilines is 2. The quantitative estimate of drug-likeness (QED) is 0.475. The predicted octanol–water partition coefficient (Wildman–Crippen LogP) is 3.58. The molecule has 2 aromatic carbocycles. The molecule has 0 atom stereocenters. The highest BCUT2D eigenvalue weighted by atomic mass is 16.6. The third kappa shape index (κ3) is 4.98. The molecule has 33 heavy (non-hydrogen) atoms. The van der Waals surface area contributed by atoms with Crippen molar-refractivity contribution in [1.29, 1.82) is 0 Å². The van der Waals surface area contributed by atoms with Crippen LogP contribution in [0.4, 0.5) is 17.2 Å². The normalized spacial score (nSPS) is 13.5. The standard InChI is InChI=1S/C24H23N5O4/c1-17(30)27-11-13-28(14-12-27)21-9-7-19(15-22(21)29(32)33)24(31)26-23-10-8-20(16-25-23)18-5-3-2-4-6-18/h2-10,15-16H,11-14H2,1H3,(H,25,26,31). The Labute approximate surface area is 190 Å². The molecule has 1 N–H and O–H groups in total. The number of benzene rings is 2. The maximum Gasteiger partial charge on any atom is 0.293 e. The van der Waals surface area contributed by atoms with Gasteiger partial charge in [0.2, 0.25) is 5.91 Å². The van der Waals surface area contributed by atoms with Gasteiger partial charge in [0, 0.05) is 56.5 Å². The minimum Gasteiger partial charge on any atom is -0.362 e. The number of nitrogens with one attached hydrogen (secondary N) is 1. The van der Waals surface area contributed by atoms with Crippen molar-refractivity contribution in [1.82, 2.24) is 9.88 Å². The Morgan fingerprint density at radius 3 is 2.30 bits per heavy atom. The van der Waals surface area contributed by atoms with E-state index in [0.717, 1.165) is 11.1 Å². The van der Waals surface area contributed by atoms with Crippen LogP contribution in [0.3, 0.4) is 0 Å². The number of pyridine rings is 1. The van der Waals surface area contributed by atoms with Crippen LogP contribution in [-0.2, 0) is 4.79 Å². The highest BCUT2D eigenvalue weighted by Crippen LogP contribution is 2.30. The predicted molar refractivity (Wildman–Crippen MR) is 125 cm³/mol. The Hall–Kier alpha value is -4.27. The smallest absolute Gasteiger partial charge is 0.293 e. The molecule has 2 amide bonds. The molecule has 0 aliphatic carbocycles. The molecule has 0 radical (unpaired) electrons. The van der Waals surface area contributed by atoms with E-state index in [1.54, 1.807) is 29.3 Å². The summed E-state index contributed by atoms with van der Waals surface area (Å²) < 4.78 is 0. The summed E-state index contributed by atoms with van der Waals surface area (Å²) in [6.07, 6.45) is 1.66. The average Bonchev–Trinajstić information content (AvgIpc) is 2.84. The van der Waals surface area contributed by atoms with Crippen LogP contribution in [0.5, 0.6) is 0 Å². The van der Waals surface area contributed by atoms with Crippen molar-refractivity contribution in [3.63, 3.8) is 0 Å². The summed E-state index contributed by atoms with van der Waals surface area (Å²) in [5.74, 6) is -0.139. The molecule has 0 saturated carbocycles. The molecule has 1 fully saturated rings. The van der Waals surface area contributed by atoms with Crippen LogP contribution in [0.25, 0.3) is 11.1 Å². The second-order valence-electron chi connectivity index (χ2n) is 7.71. The molecular formula is C24H23N5O4. The van der Waals surface area contributed by atoms with Crippen LogP contribution in [-0.4, -0.2) is 52.8 Å². The fourth-order valence-electron chi connectivity index (χ4n) is 3.80. The Balaban J connectivity index is 1.48. The van der Waals surface area contributed by atoms with Crippen LogP contribution in [0.2, 0.25) is 0 Å². The summed E-state index contributed by atoms with van der Waals surface area (Å²) in [4.78, 5) is 43.3. The summed E-state index contributed by atoms with van der Waals surface area (Å²) in [6.45, 7) is 3.49. The van der Waals surface area contributed by atoms with Crippen molar-refractivity contribution < 1.29 is 14.5 Å². The van der Waals surface area contributed by atoms with E-state index in [1.807, 2.05) is 41.3 Å². The maximum atomic E-state index is 12.7. The topological polar surface area (TPSA) is 109 Å². The molecule has 4 rings (SSSR count). The number of aromatic nitrogens is 1. The van der Waals surface area contributed by atoms with E-state index >= 15 is 0 Å². The fraction of sp³-hybridized carbons (Fsp3) is 0.208. The first-order valence-electron chi connectivity index (χ1n) is 10.5. The van der Waals surface area contributed by atoms with Crippen molar-refractivity contribution >= 4 is 29.0 Å². The van der Waals surface area contributed by atoms with Gasteiger partial charge in [-0.1, -0.05) is 30.3 Å². The fourth-order valence-corrected chi connectivity index (χ4v) is 3.80. The Kier molecular flexibility index (Phi) is 6.30. The number of nitrogens with zero attached hydrogens (tertiary/aromatic N) is 4. The monoisotopic (exact) mass is 445 g/mol. The van der Waals surface area contributed by atoms with E-state index in [2.05, 4.69) is 10.3 Å². The van der Waals surface area contributed by atoms with Crippen LogP contribution in [0.15, 0.2) is 66.9 Å². The van der Waals surface area contributed by atoms with Crippen molar-refractivity contribution in [2.45, 2.75) is 6.92 Å². The first-order valence-corrected chi connectivity index (χ1v) is 10.5. The highest BCUT2D eigenvalue weighted by Gasteiger charge is 2.26. The zero-order valence-electron chi connectivity index (χ0n) is 18.1. The SMILES string of the molecule is CC(=O)N1CCN(c2ccc(C(=O)Nc3ccc(-c4ccccc4)cn3)cc2[N+](=O)[O-])CC1. The molecule has 0 bridgehead atoms. The summed E-state index contributed by atoms with van der Waals surface area (Å²) in [6, 6.07) is 17.7. The van der Waals surface area contributed by atoms with Gasteiger partial charge in [-0.05, 0) is 29.8 Å². The number of piperazine rings is 1. The number of hydrogen-bond acceptors (Lipinski definition) is 6. The van der Waals surface area contributed by atoms with Gasteiger partial charge in [-0.15, -0.1) is 0 Å². The zero-order chi connectivity index (χ0) is 23.4.